The van der Waals surface area contributed by atoms with Crippen LogP contribution in [0.25, 0.3) is 21.8 Å². The van der Waals surface area contributed by atoms with Crippen molar-refractivity contribution in [2.45, 2.75) is 75.8 Å². The van der Waals surface area contributed by atoms with Gasteiger partial charge in [0.15, 0.2) is 0 Å². The maximum absolute atomic E-state index is 14.2. The number of hydrogen-bond donors (Lipinski definition) is 2. The average Bonchev–Trinajstić information content (AvgIpc) is 3.69. The van der Waals surface area contributed by atoms with Crippen molar-refractivity contribution in [3.05, 3.63) is 76.1 Å². The summed E-state index contributed by atoms with van der Waals surface area (Å²) >= 11 is 0. The summed E-state index contributed by atoms with van der Waals surface area (Å²) < 4.78 is 17.6. The summed E-state index contributed by atoms with van der Waals surface area (Å²) in [7, 11) is 6.98. The van der Waals surface area contributed by atoms with Gasteiger partial charge in [0.05, 0.1) is 27.2 Å². The Morgan fingerprint density at radius 2 is 1.85 bits per heavy atom. The molecule has 9 heteroatoms. The SMILES string of the molecule is C/C=C1/CN(C)[C@H]2Cc3c([nH]c4ccccc34)[C@@H](c3cc4c5c([nH]c4cc3OC)[C@]3(C(=O)OC)C[C@H]4C[C@H](CC)[C@@H]3N(CC5)C4)C[C@@H]1[C@@H]2C(=O)OC. The van der Waals surface area contributed by atoms with E-state index >= 15 is 0 Å². The highest BCUT2D eigenvalue weighted by molar-refractivity contribution is 5.93. The van der Waals surface area contributed by atoms with Gasteiger partial charge >= 0.3 is 11.9 Å². The molecular formula is C43H52N4O5. The van der Waals surface area contributed by atoms with Gasteiger partial charge in [-0.1, -0.05) is 43.2 Å². The van der Waals surface area contributed by atoms with Crippen LogP contribution in [0.3, 0.4) is 0 Å². The molecule has 274 valence electrons. The molecule has 2 aromatic carbocycles. The van der Waals surface area contributed by atoms with Crippen LogP contribution in [0.15, 0.2) is 48.0 Å². The van der Waals surface area contributed by atoms with E-state index in [0.29, 0.717) is 11.8 Å². The van der Waals surface area contributed by atoms with E-state index in [9.17, 15) is 9.59 Å². The minimum atomic E-state index is -0.725. The molecule has 2 N–H and O–H groups in total. The zero-order valence-electron chi connectivity index (χ0n) is 31.4. The first-order chi connectivity index (χ1) is 25.3. The molecule has 1 saturated carbocycles. The van der Waals surface area contributed by atoms with Crippen molar-refractivity contribution < 1.29 is 23.8 Å². The number of methoxy groups -OCH3 is 3. The van der Waals surface area contributed by atoms with E-state index in [1.54, 1.807) is 14.2 Å². The number of esters is 2. The number of carbonyl (C=O) groups excluding carboxylic acids is 2. The number of ether oxygens (including phenoxy) is 3. The molecule has 3 saturated heterocycles. The van der Waals surface area contributed by atoms with Gasteiger partial charge in [0, 0.05) is 82.5 Å². The van der Waals surface area contributed by atoms with Crippen LogP contribution in [0.5, 0.6) is 5.75 Å². The summed E-state index contributed by atoms with van der Waals surface area (Å²) in [4.78, 5) is 40.7. The highest BCUT2D eigenvalue weighted by Gasteiger charge is 2.62. The van der Waals surface area contributed by atoms with Crippen molar-refractivity contribution in [2.24, 2.45) is 23.7 Å². The van der Waals surface area contributed by atoms with Crippen LogP contribution in [-0.4, -0.2) is 91.8 Å². The Labute approximate surface area is 306 Å². The number of aromatic amines is 2. The van der Waals surface area contributed by atoms with Gasteiger partial charge in [0.25, 0.3) is 0 Å². The van der Waals surface area contributed by atoms with E-state index in [0.717, 1.165) is 85.2 Å². The number of likely N-dealkylation sites (tertiary alicyclic amines) is 1. The van der Waals surface area contributed by atoms with Crippen molar-refractivity contribution in [2.75, 3.05) is 48.0 Å². The number of para-hydroxylation sites is 1. The fourth-order valence-electron chi connectivity index (χ4n) is 12.1. The van der Waals surface area contributed by atoms with Crippen molar-refractivity contribution in [1.82, 2.24) is 19.8 Å². The third kappa shape index (κ3) is 4.67. The van der Waals surface area contributed by atoms with E-state index in [1.165, 1.54) is 41.3 Å². The van der Waals surface area contributed by atoms with Crippen molar-refractivity contribution in [1.29, 1.82) is 0 Å². The van der Waals surface area contributed by atoms with Gasteiger partial charge in [-0.05, 0) is 87.1 Å². The Kier molecular flexibility index (Phi) is 8.12. The van der Waals surface area contributed by atoms with Crippen LogP contribution in [0.4, 0.5) is 0 Å². The fraction of sp³-hybridized carbons (Fsp3) is 0.535. The molecule has 6 aliphatic rings. The monoisotopic (exact) mass is 704 g/mol. The number of piperidine rings is 3. The van der Waals surface area contributed by atoms with E-state index in [4.69, 9.17) is 14.2 Å². The van der Waals surface area contributed by atoms with Gasteiger partial charge in [0.2, 0.25) is 0 Å². The highest BCUT2D eigenvalue weighted by atomic mass is 16.5. The van der Waals surface area contributed by atoms with Gasteiger partial charge in [0.1, 0.15) is 11.2 Å². The Morgan fingerprint density at radius 3 is 2.60 bits per heavy atom. The molecule has 2 aromatic heterocycles. The summed E-state index contributed by atoms with van der Waals surface area (Å²) in [5, 5.41) is 2.36. The summed E-state index contributed by atoms with van der Waals surface area (Å²) in [6, 6.07) is 13.2. The van der Waals surface area contributed by atoms with Crippen LogP contribution in [0.1, 0.15) is 73.5 Å². The largest absolute Gasteiger partial charge is 0.496 e. The van der Waals surface area contributed by atoms with Gasteiger partial charge in [-0.3, -0.25) is 19.4 Å². The van der Waals surface area contributed by atoms with Gasteiger partial charge < -0.3 is 24.2 Å². The van der Waals surface area contributed by atoms with Crippen molar-refractivity contribution in [3.63, 3.8) is 0 Å². The van der Waals surface area contributed by atoms with Crippen LogP contribution in [0, 0.1) is 23.7 Å². The molecule has 0 amide bonds. The maximum Gasteiger partial charge on any atom is 0.319 e. The predicted molar refractivity (Wildman–Crippen MR) is 202 cm³/mol. The zero-order valence-corrected chi connectivity index (χ0v) is 31.4. The first-order valence-corrected chi connectivity index (χ1v) is 19.3. The number of carbonyl (C=O) groups is 2. The van der Waals surface area contributed by atoms with Gasteiger partial charge in [-0.15, -0.1) is 0 Å². The van der Waals surface area contributed by atoms with Crippen LogP contribution < -0.4 is 4.74 Å². The quantitative estimate of drug-likeness (QED) is 0.181. The molecule has 4 fully saturated rings. The number of rotatable bonds is 5. The second-order valence-corrected chi connectivity index (χ2v) is 16.3. The Morgan fingerprint density at radius 1 is 1.02 bits per heavy atom. The molecule has 2 aliphatic carbocycles. The summed E-state index contributed by atoms with van der Waals surface area (Å²) in [6.45, 7) is 7.17. The summed E-state index contributed by atoms with van der Waals surface area (Å²) in [5.41, 5.74) is 8.50. The molecular weight excluding hydrogens is 652 g/mol. The lowest BCUT2D eigenvalue weighted by molar-refractivity contribution is -0.162. The second-order valence-electron chi connectivity index (χ2n) is 16.3. The minimum Gasteiger partial charge on any atom is -0.496 e. The highest BCUT2D eigenvalue weighted by Crippen LogP contribution is 2.56. The lowest BCUT2D eigenvalue weighted by Crippen LogP contribution is -2.67. The van der Waals surface area contributed by atoms with E-state index in [2.05, 4.69) is 83.1 Å². The molecule has 0 spiro atoms. The summed E-state index contributed by atoms with van der Waals surface area (Å²) in [6.07, 6.45) is 7.60. The molecule has 0 radical (unpaired) electrons. The maximum atomic E-state index is 14.2. The number of aromatic nitrogens is 2. The third-order valence-electron chi connectivity index (χ3n) is 14.1. The number of likely N-dealkylation sites (N-methyl/N-ethyl adjacent to an activating group) is 1. The molecule has 6 heterocycles. The lowest BCUT2D eigenvalue weighted by Gasteiger charge is -2.57. The molecule has 4 aliphatic heterocycles. The number of nitrogens with one attached hydrogen (secondary N) is 2. The number of nitrogens with zero attached hydrogens (tertiary/aromatic N) is 2. The number of allylic oxidation sites excluding steroid dienone is 1. The standard InChI is InChI=1S/C43H52N4O5/c1-7-24-15-23-20-43(42(49)52-6)39-27(13-14-47(21-23)40(24)43)29-17-30(36(50-4)19-34(29)45-39)31-16-28-25(8-2)22-46(3)35(37(28)41(48)51-5)18-32-26-11-9-10-12-33(26)44-38(31)32/h8-12,17,19,23-24,28,31,35,37,40,44-45H,7,13-16,18,20-22H2,1-6H3/b25-8-/t23-,24+,28+,31-,35+,37+,40+,43-/m1/s1. The average molecular weight is 705 g/mol. The first kappa shape index (κ1) is 33.7. The normalized spacial score (nSPS) is 33.2. The molecule has 10 rings (SSSR count). The number of H-pyrrole nitrogens is 2. The third-order valence-corrected chi connectivity index (χ3v) is 14.1. The molecule has 6 bridgehead atoms. The number of benzene rings is 2. The smallest absolute Gasteiger partial charge is 0.319 e. The molecule has 1 unspecified atom stereocenters. The zero-order chi connectivity index (χ0) is 36.1. The minimum absolute atomic E-state index is 0.00289. The van der Waals surface area contributed by atoms with Crippen LogP contribution in [-0.2, 0) is 37.3 Å². The topological polar surface area (TPSA) is 99.9 Å². The first-order valence-electron chi connectivity index (χ1n) is 19.3. The molecule has 9 atom stereocenters. The van der Waals surface area contributed by atoms with Gasteiger partial charge in [-0.25, -0.2) is 0 Å². The predicted octanol–water partition coefficient (Wildman–Crippen LogP) is 6.49. The summed E-state index contributed by atoms with van der Waals surface area (Å²) in [5.74, 6) is 1.10. The fourth-order valence-corrected chi connectivity index (χ4v) is 12.1. The molecule has 52 heavy (non-hydrogen) atoms. The lowest BCUT2D eigenvalue weighted by atomic mass is 9.56. The number of fused-ring (bicyclic) bond motifs is 9. The van der Waals surface area contributed by atoms with Crippen LogP contribution in [0.2, 0.25) is 0 Å². The Balaban J connectivity index is 1.28. The second kappa shape index (κ2) is 12.5. The molecule has 4 aromatic rings. The van der Waals surface area contributed by atoms with E-state index in [1.807, 2.05) is 0 Å². The van der Waals surface area contributed by atoms with E-state index in [-0.39, 0.29) is 41.8 Å². The Hall–Kier alpha value is -4.08. The van der Waals surface area contributed by atoms with Crippen molar-refractivity contribution >= 4 is 33.7 Å². The van der Waals surface area contributed by atoms with Crippen molar-refractivity contribution in [3.8, 4) is 5.75 Å². The number of hydrogen-bond acceptors (Lipinski definition) is 7. The van der Waals surface area contributed by atoms with Gasteiger partial charge in [-0.2, -0.15) is 0 Å². The Bertz CT molecular complexity index is 2110. The van der Waals surface area contributed by atoms with Crippen LogP contribution >= 0.6 is 0 Å². The van der Waals surface area contributed by atoms with E-state index < -0.39 is 5.41 Å². The molecule has 9 nitrogen and oxygen atoms in total.